The number of quaternary nitrogens is 1. The summed E-state index contributed by atoms with van der Waals surface area (Å²) in [6, 6.07) is 0.662. The molecule has 1 saturated heterocycles. The van der Waals surface area contributed by atoms with Crippen molar-refractivity contribution in [3.63, 3.8) is 0 Å². The quantitative estimate of drug-likeness (QED) is 0.0399. The summed E-state index contributed by atoms with van der Waals surface area (Å²) in [5.74, 6) is 0.574. The van der Waals surface area contributed by atoms with Crippen molar-refractivity contribution in [2.75, 3.05) is 21.1 Å². The summed E-state index contributed by atoms with van der Waals surface area (Å²) in [5, 5.41) is 0. The van der Waals surface area contributed by atoms with Crippen LogP contribution in [-0.4, -0.2) is 50.2 Å². The van der Waals surface area contributed by atoms with Crippen molar-refractivity contribution < 1.29 is 14.0 Å². The number of ether oxygens (including phenoxy) is 2. The molecule has 0 aromatic rings. The fourth-order valence-electron chi connectivity index (χ4n) is 7.66. The lowest BCUT2D eigenvalue weighted by Gasteiger charge is -2.32. The summed E-state index contributed by atoms with van der Waals surface area (Å²) >= 11 is 0. The molecule has 0 aromatic heterocycles. The largest absolute Gasteiger partial charge is 0.346 e. The Balaban J connectivity index is 1.58. The van der Waals surface area contributed by atoms with Gasteiger partial charge in [0.1, 0.15) is 0 Å². The van der Waals surface area contributed by atoms with Crippen molar-refractivity contribution in [1.82, 2.24) is 0 Å². The standard InChI is InChI=1S/C46H84NO2/c1-6-8-10-12-14-16-18-20-22-24-26-28-30-32-34-36-38-42(46-48-44-40-43(47(3,4)5)41-45(44)49-46)39-37-35-33-31-29-27-25-23-21-19-17-15-13-11-9-7-2/h14-17,20-23,42-46H,6-13,18-19,24-41H2,1-5H3/q+1/b16-14-,17-15-,22-20-,23-21-/t43?,44-,45+,46?. The summed E-state index contributed by atoms with van der Waals surface area (Å²) in [6.45, 7) is 4.55. The molecule has 0 bridgehead atoms. The number of unbranched alkanes of at least 4 members (excludes halogenated alkanes) is 18. The molecule has 0 amide bonds. The molecule has 1 aliphatic heterocycles. The van der Waals surface area contributed by atoms with Crippen molar-refractivity contribution in [3.05, 3.63) is 48.6 Å². The zero-order valence-electron chi connectivity index (χ0n) is 33.6. The van der Waals surface area contributed by atoms with E-state index in [0.29, 0.717) is 24.2 Å². The van der Waals surface area contributed by atoms with Gasteiger partial charge in [0.05, 0.1) is 39.4 Å². The third-order valence-electron chi connectivity index (χ3n) is 11.1. The first-order chi connectivity index (χ1) is 24.0. The number of nitrogens with zero attached hydrogens (tertiary/aromatic N) is 1. The van der Waals surface area contributed by atoms with E-state index in [1.54, 1.807) is 0 Å². The fraction of sp³-hybridized carbons (Fsp3) is 0.826. The zero-order chi connectivity index (χ0) is 35.3. The van der Waals surface area contributed by atoms with Gasteiger partial charge in [-0.15, -0.1) is 0 Å². The summed E-state index contributed by atoms with van der Waals surface area (Å²) < 4.78 is 14.4. The number of hydrogen-bond acceptors (Lipinski definition) is 2. The minimum Gasteiger partial charge on any atom is -0.346 e. The average Bonchev–Trinajstić information content (AvgIpc) is 3.67. The van der Waals surface area contributed by atoms with Crippen molar-refractivity contribution in [3.8, 4) is 0 Å². The second kappa shape index (κ2) is 29.4. The highest BCUT2D eigenvalue weighted by Gasteiger charge is 2.49. The molecule has 0 radical (unpaired) electrons. The van der Waals surface area contributed by atoms with E-state index < -0.39 is 0 Å². The fourth-order valence-corrected chi connectivity index (χ4v) is 7.66. The van der Waals surface area contributed by atoms with Crippen molar-refractivity contribution in [2.24, 2.45) is 5.92 Å². The van der Waals surface area contributed by atoms with Gasteiger partial charge in [0.25, 0.3) is 0 Å². The van der Waals surface area contributed by atoms with E-state index in [9.17, 15) is 0 Å². The Kier molecular flexibility index (Phi) is 26.4. The Labute approximate surface area is 307 Å². The van der Waals surface area contributed by atoms with E-state index in [0.717, 1.165) is 30.2 Å². The van der Waals surface area contributed by atoms with Crippen LogP contribution < -0.4 is 0 Å². The van der Waals surface area contributed by atoms with E-state index in [1.807, 2.05) is 0 Å². The summed E-state index contributed by atoms with van der Waals surface area (Å²) in [7, 11) is 6.97. The van der Waals surface area contributed by atoms with Gasteiger partial charge >= 0.3 is 0 Å². The van der Waals surface area contributed by atoms with Crippen LogP contribution in [-0.2, 0) is 9.47 Å². The number of rotatable bonds is 32. The highest BCUT2D eigenvalue weighted by molar-refractivity contribution is 4.94. The number of allylic oxidation sites excluding steroid dienone is 8. The minimum absolute atomic E-state index is 0.0411. The summed E-state index contributed by atoms with van der Waals surface area (Å²) in [6.07, 6.45) is 56.0. The van der Waals surface area contributed by atoms with Gasteiger partial charge in [-0.1, -0.05) is 152 Å². The summed E-state index contributed by atoms with van der Waals surface area (Å²) in [5.41, 5.74) is 0. The van der Waals surface area contributed by atoms with Gasteiger partial charge in [-0.05, 0) is 77.0 Å². The molecule has 0 aromatic carbocycles. The normalized spacial score (nSPS) is 21.6. The molecule has 2 fully saturated rings. The van der Waals surface area contributed by atoms with Crippen LogP contribution in [0.3, 0.4) is 0 Å². The molecule has 2 unspecified atom stereocenters. The third kappa shape index (κ3) is 22.4. The van der Waals surface area contributed by atoms with Crippen molar-refractivity contribution >= 4 is 0 Å². The topological polar surface area (TPSA) is 18.5 Å². The Morgan fingerprint density at radius 3 is 1.18 bits per heavy atom. The maximum absolute atomic E-state index is 6.68. The first-order valence-electron chi connectivity index (χ1n) is 21.7. The van der Waals surface area contributed by atoms with Crippen molar-refractivity contribution in [1.29, 1.82) is 0 Å². The van der Waals surface area contributed by atoms with Gasteiger partial charge in [0.15, 0.2) is 6.29 Å². The van der Waals surface area contributed by atoms with E-state index in [2.05, 4.69) is 83.6 Å². The molecule has 3 nitrogen and oxygen atoms in total. The van der Waals surface area contributed by atoms with E-state index in [4.69, 9.17) is 9.47 Å². The second-order valence-corrected chi connectivity index (χ2v) is 16.5. The Hall–Kier alpha value is -1.16. The summed E-state index contributed by atoms with van der Waals surface area (Å²) in [4.78, 5) is 0. The van der Waals surface area contributed by atoms with Crippen LogP contribution in [0.2, 0.25) is 0 Å². The highest BCUT2D eigenvalue weighted by Crippen LogP contribution is 2.40. The van der Waals surface area contributed by atoms with E-state index in [1.165, 1.54) is 154 Å². The Bertz CT molecular complexity index is 805. The lowest BCUT2D eigenvalue weighted by Crippen LogP contribution is -2.44. The van der Waals surface area contributed by atoms with Crippen LogP contribution in [0.25, 0.3) is 0 Å². The first kappa shape index (κ1) is 44.0. The van der Waals surface area contributed by atoms with Gasteiger partial charge in [-0.3, -0.25) is 0 Å². The molecule has 1 saturated carbocycles. The third-order valence-corrected chi connectivity index (χ3v) is 11.1. The molecule has 4 atom stereocenters. The second-order valence-electron chi connectivity index (χ2n) is 16.5. The number of hydrogen-bond donors (Lipinski definition) is 0. The van der Waals surface area contributed by atoms with Gasteiger partial charge in [-0.25, -0.2) is 0 Å². The molecule has 2 aliphatic rings. The first-order valence-corrected chi connectivity index (χ1v) is 21.7. The molecule has 3 heteroatoms. The predicted molar refractivity (Wildman–Crippen MR) is 216 cm³/mol. The zero-order valence-corrected chi connectivity index (χ0v) is 33.6. The average molecular weight is 683 g/mol. The molecule has 1 heterocycles. The predicted octanol–water partition coefficient (Wildman–Crippen LogP) is 14.0. The molecular weight excluding hydrogens is 599 g/mol. The van der Waals surface area contributed by atoms with Crippen LogP contribution in [0.4, 0.5) is 0 Å². The van der Waals surface area contributed by atoms with Crippen LogP contribution in [0, 0.1) is 5.92 Å². The SMILES string of the molecule is CCCCC/C=C\C/C=C\CCCCCCCCC(CCCCCCCC/C=C\C/C=C\CCCCC)C1O[C@H]2CC([N+](C)(C)C)C[C@H]2O1. The molecule has 284 valence electrons. The van der Waals surface area contributed by atoms with Crippen LogP contribution >= 0.6 is 0 Å². The van der Waals surface area contributed by atoms with Gasteiger partial charge < -0.3 is 14.0 Å². The highest BCUT2D eigenvalue weighted by atomic mass is 16.7. The molecule has 0 N–H and O–H groups in total. The maximum Gasteiger partial charge on any atom is 0.161 e. The molecule has 0 spiro atoms. The molecular formula is C46H84NO2+. The maximum atomic E-state index is 6.68. The van der Waals surface area contributed by atoms with Gasteiger partial charge in [-0.2, -0.15) is 0 Å². The Morgan fingerprint density at radius 2 is 0.816 bits per heavy atom. The molecule has 2 rings (SSSR count). The van der Waals surface area contributed by atoms with Crippen LogP contribution in [0.1, 0.15) is 194 Å². The van der Waals surface area contributed by atoms with Gasteiger partial charge in [0, 0.05) is 18.8 Å². The van der Waals surface area contributed by atoms with Crippen LogP contribution in [0.15, 0.2) is 48.6 Å². The van der Waals surface area contributed by atoms with Gasteiger partial charge in [0.2, 0.25) is 0 Å². The minimum atomic E-state index is 0.0411. The molecule has 1 aliphatic carbocycles. The lowest BCUT2D eigenvalue weighted by molar-refractivity contribution is -0.895. The monoisotopic (exact) mass is 683 g/mol. The van der Waals surface area contributed by atoms with E-state index >= 15 is 0 Å². The van der Waals surface area contributed by atoms with Crippen molar-refractivity contribution in [2.45, 2.75) is 218 Å². The number of fused-ring (bicyclic) bond motifs is 1. The lowest BCUT2D eigenvalue weighted by atomic mass is 9.93. The van der Waals surface area contributed by atoms with Crippen LogP contribution in [0.5, 0.6) is 0 Å². The smallest absolute Gasteiger partial charge is 0.161 e. The molecule has 49 heavy (non-hydrogen) atoms. The Morgan fingerprint density at radius 1 is 0.469 bits per heavy atom. The van der Waals surface area contributed by atoms with E-state index in [-0.39, 0.29) is 6.29 Å².